The van der Waals surface area contributed by atoms with Crippen molar-refractivity contribution < 1.29 is 36.3 Å². The van der Waals surface area contributed by atoms with Gasteiger partial charge in [-0.05, 0) is 67.8 Å². The molecule has 66 heavy (non-hydrogen) atoms. The largest absolute Gasteiger partial charge is 0.365 e. The second-order valence-corrected chi connectivity index (χ2v) is 21.8. The van der Waals surface area contributed by atoms with Gasteiger partial charge < -0.3 is 30.2 Å². The molecule has 0 aliphatic carbocycles. The molecule has 3 aromatic rings. The van der Waals surface area contributed by atoms with Gasteiger partial charge >= 0.3 is 0 Å². The lowest BCUT2D eigenvalue weighted by atomic mass is 9.81. The van der Waals surface area contributed by atoms with Crippen LogP contribution in [0.25, 0.3) is 0 Å². The highest BCUT2D eigenvalue weighted by molar-refractivity contribution is 7.89. The Morgan fingerprint density at radius 2 is 1.48 bits per heavy atom. The number of piperazine rings is 3. The van der Waals surface area contributed by atoms with Crippen LogP contribution in [0.3, 0.4) is 0 Å². The van der Waals surface area contributed by atoms with Gasteiger partial charge in [-0.15, -0.1) is 0 Å². The van der Waals surface area contributed by atoms with E-state index in [1.165, 1.54) is 33.9 Å². The van der Waals surface area contributed by atoms with E-state index in [2.05, 4.69) is 97.3 Å². The third kappa shape index (κ3) is 10.2. The average Bonchev–Trinajstić information content (AvgIpc) is 3.61. The molecule has 0 radical (unpaired) electrons. The number of allylic oxidation sites excluding steroid dienone is 8. The van der Waals surface area contributed by atoms with E-state index in [1.807, 2.05) is 61.7 Å². The molecule has 0 unspecified atom stereocenters. The van der Waals surface area contributed by atoms with Crippen molar-refractivity contribution in [1.29, 1.82) is 0 Å². The summed E-state index contributed by atoms with van der Waals surface area (Å²) in [5.74, 6) is -0.876. The fraction of sp³-hybridized carbons (Fsp3) is 0.423. The molecule has 0 aromatic heterocycles. The Morgan fingerprint density at radius 3 is 2.17 bits per heavy atom. The highest BCUT2D eigenvalue weighted by Crippen LogP contribution is 2.48. The van der Waals surface area contributed by atoms with Crippen molar-refractivity contribution in [2.45, 2.75) is 62.7 Å². The molecule has 5 aliphatic heterocycles. The molecule has 0 saturated carbocycles. The van der Waals surface area contributed by atoms with Crippen LogP contribution in [0.2, 0.25) is 0 Å². The molecule has 4 N–H and O–H groups in total. The number of amides is 3. The Bertz CT molecular complexity index is 2600. The quantitative estimate of drug-likeness (QED) is 0.0872. The molecule has 3 aromatic carbocycles. The number of rotatable bonds is 18. The number of fused-ring (bicyclic) bond motifs is 5. The topological polar surface area (TPSA) is 145 Å². The third-order valence-electron chi connectivity index (χ3n) is 14.7. The minimum absolute atomic E-state index is 0.0753. The van der Waals surface area contributed by atoms with Gasteiger partial charge in [0.2, 0.25) is 27.5 Å². The Kier molecular flexibility index (Phi) is 14.1. The van der Waals surface area contributed by atoms with Gasteiger partial charge in [0.1, 0.15) is 46.3 Å². The van der Waals surface area contributed by atoms with Gasteiger partial charge in [-0.2, -0.15) is 4.58 Å². The summed E-state index contributed by atoms with van der Waals surface area (Å²) in [5.41, 5.74) is 13.6. The van der Waals surface area contributed by atoms with Gasteiger partial charge in [-0.1, -0.05) is 74.6 Å². The molecule has 2 bridgehead atoms. The van der Waals surface area contributed by atoms with Crippen LogP contribution in [-0.4, -0.2) is 136 Å². The van der Waals surface area contributed by atoms with Crippen LogP contribution in [-0.2, 0) is 41.7 Å². The molecule has 3 fully saturated rings. The number of nitrogens with one attached hydrogen (secondary N) is 2. The normalized spacial score (nSPS) is 22.5. The fourth-order valence-electron chi connectivity index (χ4n) is 10.5. The Morgan fingerprint density at radius 1 is 0.833 bits per heavy atom. The minimum atomic E-state index is -3.84. The van der Waals surface area contributed by atoms with Crippen molar-refractivity contribution in [3.8, 4) is 0 Å². The van der Waals surface area contributed by atoms with Crippen molar-refractivity contribution >= 4 is 50.5 Å². The first-order valence-electron chi connectivity index (χ1n) is 23.2. The number of quaternary nitrogens is 2. The zero-order valence-electron chi connectivity index (χ0n) is 39.8. The van der Waals surface area contributed by atoms with E-state index >= 15 is 0 Å². The molecule has 0 atom stereocenters. The molecule has 350 valence electrons. The van der Waals surface area contributed by atoms with Gasteiger partial charge in [-0.25, -0.2) is 12.7 Å². The second-order valence-electron chi connectivity index (χ2n) is 19.7. The number of anilines is 2. The maximum absolute atomic E-state index is 13.8. The number of nitrogens with two attached hydrogens (primary N) is 1. The summed E-state index contributed by atoms with van der Waals surface area (Å²) >= 11 is 0. The van der Waals surface area contributed by atoms with Crippen LogP contribution in [0.4, 0.5) is 17.1 Å². The second kappa shape index (κ2) is 19.3. The highest BCUT2D eigenvalue weighted by Gasteiger charge is 2.49. The third-order valence-corrected chi connectivity index (χ3v) is 16.5. The van der Waals surface area contributed by atoms with Crippen LogP contribution in [0.1, 0.15) is 57.2 Å². The van der Waals surface area contributed by atoms with Gasteiger partial charge in [0.15, 0.2) is 12.3 Å². The van der Waals surface area contributed by atoms with Crippen LogP contribution >= 0.6 is 0 Å². The summed E-state index contributed by atoms with van der Waals surface area (Å²) in [7, 11) is 1.80. The first-order chi connectivity index (χ1) is 31.3. The first kappa shape index (κ1) is 48.3. The zero-order valence-corrected chi connectivity index (χ0v) is 40.7. The predicted molar refractivity (Wildman–Crippen MR) is 263 cm³/mol. The van der Waals surface area contributed by atoms with Crippen molar-refractivity contribution in [3.63, 3.8) is 0 Å². The minimum Gasteiger partial charge on any atom is -0.365 e. The maximum atomic E-state index is 13.8. The number of para-hydroxylation sites is 1. The number of primary amides is 1. The predicted octanol–water partition coefficient (Wildman–Crippen LogP) is 5.52. The van der Waals surface area contributed by atoms with Crippen molar-refractivity contribution in [3.05, 3.63) is 132 Å². The van der Waals surface area contributed by atoms with Crippen LogP contribution < -0.4 is 21.3 Å². The SMILES string of the molecule is CN1\C(=C/C=C/C=C/C=C/C2=[N+](C)c3ccccc3C2(C)C)C(C)(C)c2cc(S(=O)(=O)N(C)CCCC(=O)NCC(=O)Nc3ccc(CC[N+]45CC[N+](CC(N)=O)(CC4)CC5)cc3)ccc21. The first-order valence-corrected chi connectivity index (χ1v) is 24.6. The van der Waals surface area contributed by atoms with E-state index in [9.17, 15) is 22.8 Å². The molecule has 3 saturated heterocycles. The Labute approximate surface area is 391 Å². The summed E-state index contributed by atoms with van der Waals surface area (Å²) in [6.07, 6.45) is 15.7. The van der Waals surface area contributed by atoms with Gasteiger partial charge in [0.25, 0.3) is 5.91 Å². The molecule has 5 aliphatic rings. The lowest BCUT2D eigenvalue weighted by Gasteiger charge is -2.55. The number of sulfonamides is 1. The smallest absolute Gasteiger partial charge is 0.272 e. The molecule has 8 rings (SSSR count). The fourth-order valence-corrected chi connectivity index (χ4v) is 11.7. The van der Waals surface area contributed by atoms with Crippen LogP contribution in [0.5, 0.6) is 0 Å². The summed E-state index contributed by atoms with van der Waals surface area (Å²) in [6, 6.07) is 21.6. The van der Waals surface area contributed by atoms with E-state index in [0.717, 1.165) is 78.1 Å². The van der Waals surface area contributed by atoms with E-state index in [1.54, 1.807) is 12.1 Å². The highest BCUT2D eigenvalue weighted by atomic mass is 32.2. The molecular weight excluding hydrogens is 849 g/mol. The van der Waals surface area contributed by atoms with Crippen LogP contribution in [0, 0.1) is 0 Å². The number of benzene rings is 3. The number of hydrogen-bond donors (Lipinski definition) is 3. The average molecular weight is 918 g/mol. The summed E-state index contributed by atoms with van der Waals surface area (Å²) < 4.78 is 33.0. The Hall–Kier alpha value is -5.67. The molecule has 0 spiro atoms. The number of nitrogens with zero attached hydrogens (tertiary/aromatic N) is 5. The Balaban J connectivity index is 0.838. The van der Waals surface area contributed by atoms with Gasteiger partial charge in [-0.3, -0.25) is 14.4 Å². The monoisotopic (exact) mass is 918 g/mol. The number of carbonyl (C=O) groups excluding carboxylic acids is 3. The lowest BCUT2D eigenvalue weighted by Crippen LogP contribution is -2.76. The summed E-state index contributed by atoms with van der Waals surface area (Å²) in [4.78, 5) is 39.2. The zero-order chi connectivity index (χ0) is 47.5. The van der Waals surface area contributed by atoms with Gasteiger partial charge in [0.05, 0.1) is 23.4 Å². The number of hydrogen-bond acceptors (Lipinski definition) is 6. The van der Waals surface area contributed by atoms with E-state index in [0.29, 0.717) is 18.7 Å². The number of likely N-dealkylation sites (N-methyl/N-ethyl adjacent to an activating group) is 1. The van der Waals surface area contributed by atoms with E-state index in [4.69, 9.17) is 5.73 Å². The van der Waals surface area contributed by atoms with Crippen LogP contribution in [0.15, 0.2) is 120 Å². The maximum Gasteiger partial charge on any atom is 0.272 e. The summed E-state index contributed by atoms with van der Waals surface area (Å²) in [5, 5.41) is 5.51. The number of carbonyl (C=O) groups is 3. The van der Waals surface area contributed by atoms with E-state index < -0.39 is 15.4 Å². The van der Waals surface area contributed by atoms with Crippen molar-refractivity contribution in [2.24, 2.45) is 5.73 Å². The molecule has 13 nitrogen and oxygen atoms in total. The van der Waals surface area contributed by atoms with Crippen molar-refractivity contribution in [1.82, 2.24) is 9.62 Å². The summed E-state index contributed by atoms with van der Waals surface area (Å²) in [6.45, 7) is 16.4. The molecular formula is C52H69N8O5S+3. The molecule has 3 amide bonds. The standard InChI is InChI=1S/C52H66N8O5S/c1-51(2)42-16-13-14-17-44(42)57(6)46(51)18-11-9-8-10-12-19-47-52(3,4)43-36-41(25-26-45(43)58(47)7)66(64,65)56(5)28-15-20-49(62)54-37-50(63)55-40-23-21-39(22-24-40)27-29-59-30-33-60(34-31-59,35-32-59)38-48(53)61/h8-14,16-19,21-26,36H,15,20,27-35,37-38H2,1-7H3,(H-3,53,54,55,61,62,63)/p+3. The van der Waals surface area contributed by atoms with Gasteiger partial charge in [0, 0.05) is 73.7 Å². The van der Waals surface area contributed by atoms with Crippen molar-refractivity contribution in [2.75, 3.05) is 96.8 Å². The lowest BCUT2D eigenvalue weighted by molar-refractivity contribution is -1.08. The molecule has 5 heterocycles. The molecule has 14 heteroatoms. The van der Waals surface area contributed by atoms with E-state index in [-0.39, 0.29) is 47.5 Å².